The smallest absolute Gasteiger partial charge is 0.118 e. The zero-order valence-electron chi connectivity index (χ0n) is 20.3. The third-order valence-electron chi connectivity index (χ3n) is 7.48. The number of ether oxygens (including phenoxy) is 2. The lowest BCUT2D eigenvalue weighted by Crippen LogP contribution is -2.35. The van der Waals surface area contributed by atoms with Crippen molar-refractivity contribution in [2.75, 3.05) is 7.11 Å². The van der Waals surface area contributed by atoms with Gasteiger partial charge in [-0.05, 0) is 72.3 Å². The van der Waals surface area contributed by atoms with E-state index < -0.39 is 0 Å². The van der Waals surface area contributed by atoms with Gasteiger partial charge in [0.25, 0.3) is 0 Å². The molecule has 1 fully saturated rings. The van der Waals surface area contributed by atoms with Crippen molar-refractivity contribution >= 4 is 11.8 Å². The van der Waals surface area contributed by atoms with Gasteiger partial charge < -0.3 is 9.47 Å². The Balaban J connectivity index is 1.55. The van der Waals surface area contributed by atoms with Crippen molar-refractivity contribution in [2.45, 2.75) is 76.2 Å². The van der Waals surface area contributed by atoms with E-state index in [0.717, 1.165) is 12.2 Å². The van der Waals surface area contributed by atoms with E-state index in [0.29, 0.717) is 17.8 Å². The van der Waals surface area contributed by atoms with E-state index in [9.17, 15) is 0 Å². The van der Waals surface area contributed by atoms with Crippen LogP contribution in [0.15, 0.2) is 71.1 Å². The van der Waals surface area contributed by atoms with Crippen molar-refractivity contribution < 1.29 is 9.47 Å². The van der Waals surface area contributed by atoms with Crippen LogP contribution in [0.5, 0.6) is 5.75 Å². The molecule has 2 aliphatic rings. The van der Waals surface area contributed by atoms with Crippen LogP contribution in [0.4, 0.5) is 0 Å². The van der Waals surface area contributed by atoms with Crippen molar-refractivity contribution in [1.29, 1.82) is 0 Å². The van der Waals surface area contributed by atoms with Gasteiger partial charge in [-0.3, -0.25) is 0 Å². The summed E-state index contributed by atoms with van der Waals surface area (Å²) < 4.78 is 12.0. The molecule has 1 saturated carbocycles. The first-order chi connectivity index (χ1) is 15.3. The van der Waals surface area contributed by atoms with E-state index in [1.54, 1.807) is 12.7 Å². The molecular formula is C29H38O2S. The summed E-state index contributed by atoms with van der Waals surface area (Å²) in [5, 5.41) is 0.501. The minimum absolute atomic E-state index is 0.181. The zero-order chi connectivity index (χ0) is 22.8. The van der Waals surface area contributed by atoms with Gasteiger partial charge in [0.15, 0.2) is 0 Å². The fraction of sp³-hybridized carbons (Fsp3) is 0.517. The highest BCUT2D eigenvalue weighted by Gasteiger charge is 2.46. The summed E-state index contributed by atoms with van der Waals surface area (Å²) in [6.45, 7) is 10.4. The molecule has 3 atom stereocenters. The molecule has 2 aromatic rings. The van der Waals surface area contributed by atoms with Crippen LogP contribution < -0.4 is 4.74 Å². The normalized spacial score (nSPS) is 28.2. The molecule has 0 saturated heterocycles. The third-order valence-corrected chi connectivity index (χ3v) is 8.63. The van der Waals surface area contributed by atoms with Gasteiger partial charge in [0.05, 0.1) is 19.8 Å². The fourth-order valence-electron chi connectivity index (χ4n) is 5.63. The van der Waals surface area contributed by atoms with Gasteiger partial charge >= 0.3 is 0 Å². The number of methoxy groups -OCH3 is 1. The molecule has 172 valence electrons. The van der Waals surface area contributed by atoms with Crippen LogP contribution in [0.25, 0.3) is 0 Å². The maximum Gasteiger partial charge on any atom is 0.118 e. The second kappa shape index (κ2) is 9.65. The quantitative estimate of drug-likeness (QED) is 0.416. The molecule has 4 rings (SSSR count). The SMILES string of the molecule is COc1ccc(CO[C@H]2CC(C)(C)C[C@H](Sc3ccccc3)/C=C3\CCC2C3(C)C)cc1. The number of allylic oxidation sites excluding steroid dienone is 1. The molecule has 0 aromatic heterocycles. The lowest BCUT2D eigenvalue weighted by molar-refractivity contribution is -0.0459. The third kappa shape index (κ3) is 5.43. The zero-order valence-corrected chi connectivity index (χ0v) is 21.1. The summed E-state index contributed by atoms with van der Waals surface area (Å²) in [6.07, 6.45) is 7.59. The van der Waals surface area contributed by atoms with Crippen LogP contribution in [0.1, 0.15) is 58.9 Å². The molecule has 3 heteroatoms. The largest absolute Gasteiger partial charge is 0.497 e. The lowest BCUT2D eigenvalue weighted by Gasteiger charge is -2.38. The predicted octanol–water partition coefficient (Wildman–Crippen LogP) is 7.92. The summed E-state index contributed by atoms with van der Waals surface area (Å²) in [4.78, 5) is 1.36. The van der Waals surface area contributed by atoms with E-state index in [1.807, 2.05) is 23.9 Å². The van der Waals surface area contributed by atoms with Gasteiger partial charge in [0.1, 0.15) is 5.75 Å². The van der Waals surface area contributed by atoms with Crippen LogP contribution >= 0.6 is 11.8 Å². The molecule has 0 heterocycles. The van der Waals surface area contributed by atoms with E-state index in [2.05, 4.69) is 76.2 Å². The van der Waals surface area contributed by atoms with Gasteiger partial charge in [-0.2, -0.15) is 0 Å². The number of thioether (sulfide) groups is 1. The maximum absolute atomic E-state index is 6.71. The molecule has 0 amide bonds. The highest BCUT2D eigenvalue weighted by atomic mass is 32.2. The van der Waals surface area contributed by atoms with E-state index in [4.69, 9.17) is 9.47 Å². The van der Waals surface area contributed by atoms with Crippen LogP contribution in [-0.4, -0.2) is 18.5 Å². The van der Waals surface area contributed by atoms with Gasteiger partial charge in [0, 0.05) is 10.1 Å². The lowest BCUT2D eigenvalue weighted by atomic mass is 9.73. The monoisotopic (exact) mass is 450 g/mol. The van der Waals surface area contributed by atoms with Crippen LogP contribution in [-0.2, 0) is 11.3 Å². The van der Waals surface area contributed by atoms with Crippen molar-refractivity contribution in [1.82, 2.24) is 0 Å². The van der Waals surface area contributed by atoms with E-state index >= 15 is 0 Å². The van der Waals surface area contributed by atoms with E-state index in [1.165, 1.54) is 29.7 Å². The van der Waals surface area contributed by atoms with Crippen molar-refractivity contribution in [3.63, 3.8) is 0 Å². The fourth-order valence-corrected chi connectivity index (χ4v) is 7.06. The minimum Gasteiger partial charge on any atom is -0.497 e. The number of hydrogen-bond acceptors (Lipinski definition) is 3. The topological polar surface area (TPSA) is 18.5 Å². The molecule has 2 aliphatic carbocycles. The standard InChI is InChI=1S/C29H38O2S/c1-28(2)18-25(32-24-9-7-6-8-10-24)17-22-13-16-26(29(22,3)4)27(19-28)31-20-21-11-14-23(30-5)15-12-21/h6-12,14-15,17,25-27H,13,16,18-20H2,1-5H3/b22-17+/t25-,26?,27+/m1/s1. The Hall–Kier alpha value is -1.71. The molecule has 0 radical (unpaired) electrons. The number of fused-ring (bicyclic) bond motifs is 2. The Bertz CT molecular complexity index is 914. The second-order valence-corrected chi connectivity index (χ2v) is 12.1. The molecule has 2 bridgehead atoms. The van der Waals surface area contributed by atoms with Gasteiger partial charge in [0.2, 0.25) is 0 Å². The summed E-state index contributed by atoms with van der Waals surface area (Å²) in [6, 6.07) is 19.2. The van der Waals surface area contributed by atoms with E-state index in [-0.39, 0.29) is 16.9 Å². The molecule has 2 aromatic carbocycles. The Morgan fingerprint density at radius 3 is 2.34 bits per heavy atom. The molecule has 2 nitrogen and oxygen atoms in total. The van der Waals surface area contributed by atoms with Crippen LogP contribution in [0.3, 0.4) is 0 Å². The molecule has 32 heavy (non-hydrogen) atoms. The molecule has 0 aliphatic heterocycles. The summed E-state index contributed by atoms with van der Waals surface area (Å²) in [7, 11) is 1.71. The van der Waals surface area contributed by atoms with Crippen molar-refractivity contribution in [3.05, 3.63) is 71.8 Å². The highest BCUT2D eigenvalue weighted by Crippen LogP contribution is 2.54. The second-order valence-electron chi connectivity index (χ2n) is 10.8. The first-order valence-electron chi connectivity index (χ1n) is 11.9. The van der Waals surface area contributed by atoms with Crippen LogP contribution in [0, 0.1) is 16.7 Å². The summed E-state index contributed by atoms with van der Waals surface area (Å²) in [5.41, 5.74) is 3.24. The Morgan fingerprint density at radius 1 is 0.938 bits per heavy atom. The summed E-state index contributed by atoms with van der Waals surface area (Å²) in [5.74, 6) is 1.46. The number of hydrogen-bond donors (Lipinski definition) is 0. The minimum atomic E-state index is 0.181. The average molecular weight is 451 g/mol. The Morgan fingerprint density at radius 2 is 1.66 bits per heavy atom. The maximum atomic E-state index is 6.71. The van der Waals surface area contributed by atoms with Crippen LogP contribution in [0.2, 0.25) is 0 Å². The molecule has 1 unspecified atom stereocenters. The first kappa shape index (κ1) is 23.4. The Kier molecular flexibility index (Phi) is 7.07. The Labute approximate surface area is 198 Å². The van der Waals surface area contributed by atoms with Crippen molar-refractivity contribution in [2.24, 2.45) is 16.7 Å². The molecular weight excluding hydrogens is 412 g/mol. The average Bonchev–Trinajstić information content (AvgIpc) is 3.06. The van der Waals surface area contributed by atoms with Gasteiger partial charge in [-0.15, -0.1) is 11.8 Å². The predicted molar refractivity (Wildman–Crippen MR) is 135 cm³/mol. The molecule has 0 N–H and O–H groups in total. The number of benzene rings is 2. The first-order valence-corrected chi connectivity index (χ1v) is 12.8. The molecule has 0 spiro atoms. The highest BCUT2D eigenvalue weighted by molar-refractivity contribution is 8.00. The van der Waals surface area contributed by atoms with Crippen molar-refractivity contribution in [3.8, 4) is 5.75 Å². The van der Waals surface area contributed by atoms with Gasteiger partial charge in [-0.25, -0.2) is 0 Å². The summed E-state index contributed by atoms with van der Waals surface area (Å²) >= 11 is 2.02. The van der Waals surface area contributed by atoms with Gasteiger partial charge in [-0.1, -0.05) is 69.7 Å². The number of rotatable bonds is 6.